The molecule has 5 aromatic carbocycles. The molecule has 1 saturated heterocycles. The van der Waals surface area contributed by atoms with Crippen molar-refractivity contribution >= 4 is 29.8 Å². The van der Waals surface area contributed by atoms with E-state index in [0.717, 1.165) is 22.3 Å². The molecule has 7 rings (SSSR count). The first-order valence-corrected chi connectivity index (χ1v) is 21.7. The van der Waals surface area contributed by atoms with Crippen molar-refractivity contribution in [1.82, 2.24) is 10.6 Å². The quantitative estimate of drug-likeness (QED) is 0.0721. The monoisotopic (exact) mass is 878 g/mol. The molecule has 0 aromatic heterocycles. The van der Waals surface area contributed by atoms with Gasteiger partial charge in [0.05, 0.1) is 18.2 Å². The topological polar surface area (TPSA) is 170 Å². The van der Waals surface area contributed by atoms with Gasteiger partial charge >= 0.3 is 11.9 Å². The molecular weight excluding hydrogens is 825 g/mol. The molecule has 1 aliphatic heterocycles. The van der Waals surface area contributed by atoms with E-state index in [2.05, 4.69) is 10.6 Å². The van der Waals surface area contributed by atoms with E-state index in [1.165, 1.54) is 0 Å². The standard InChI is InChI=1S/C53H54N2O10/c1-52(2,3)64-47(58)29-28-43(34-56)55-50(60)39-18-13-15-36(30-39)33-54-49(59)40-31-45(62-51(61)38-26-24-35(25-27-38)14-12-17-37-16-10-11-23-44(37)57)48-46(32-40)63-53(65-48,41-19-6-4-7-20-41)42-21-8-5-9-22-42/h4-16,18-27,30,32,43,45-46,48,56-57H,17,28-29,31,33-34H2,1-3H3,(H,54,59)(H,55,60)/t43-,45+,46+,48-/m0/s1. The molecule has 0 radical (unpaired) electrons. The Balaban J connectivity index is 1.06. The fourth-order valence-electron chi connectivity index (χ4n) is 7.81. The summed E-state index contributed by atoms with van der Waals surface area (Å²) in [5.74, 6) is -3.02. The van der Waals surface area contributed by atoms with Gasteiger partial charge in [0, 0.05) is 41.6 Å². The molecular formula is C53H54N2O10. The summed E-state index contributed by atoms with van der Waals surface area (Å²) in [6.45, 7) is 5.02. The van der Waals surface area contributed by atoms with Crippen LogP contribution < -0.4 is 10.6 Å². The van der Waals surface area contributed by atoms with E-state index in [1.54, 1.807) is 75.4 Å². The molecule has 0 unspecified atom stereocenters. The molecule has 0 spiro atoms. The van der Waals surface area contributed by atoms with Crippen molar-refractivity contribution in [3.63, 3.8) is 0 Å². The Labute approximate surface area is 378 Å². The second-order valence-electron chi connectivity index (χ2n) is 17.1. The Bertz CT molecular complexity index is 2470. The Kier molecular flexibility index (Phi) is 14.7. The fourth-order valence-corrected chi connectivity index (χ4v) is 7.81. The number of rotatable bonds is 16. The van der Waals surface area contributed by atoms with Crippen LogP contribution in [0.2, 0.25) is 0 Å². The molecule has 4 N–H and O–H groups in total. The number of allylic oxidation sites excluding steroid dienone is 1. The number of amides is 2. The van der Waals surface area contributed by atoms with Crippen molar-refractivity contribution in [2.45, 2.75) is 88.7 Å². The van der Waals surface area contributed by atoms with E-state index < -0.39 is 59.5 Å². The van der Waals surface area contributed by atoms with Crippen LogP contribution in [0.15, 0.2) is 151 Å². The summed E-state index contributed by atoms with van der Waals surface area (Å²) in [6.07, 6.45) is 3.86. The van der Waals surface area contributed by atoms with Crippen LogP contribution in [0.1, 0.15) is 88.6 Å². The number of carbonyl (C=O) groups excluding carboxylic acids is 4. The number of aromatic hydroxyl groups is 1. The van der Waals surface area contributed by atoms with Crippen LogP contribution in [0.25, 0.3) is 6.08 Å². The number of esters is 2. The molecule has 336 valence electrons. The van der Waals surface area contributed by atoms with Crippen LogP contribution in [0.5, 0.6) is 5.75 Å². The normalized spacial score (nSPS) is 18.2. The van der Waals surface area contributed by atoms with Crippen LogP contribution in [0.4, 0.5) is 0 Å². The SMILES string of the molecule is CC(C)(C)OC(=O)CC[C@@H](CO)NC(=O)c1cccc(CNC(=O)C2=C[C@H]3OC(c4ccccc4)(c4ccccc4)O[C@H]3[C@H](OC(=O)c3ccc(C=CCc4ccccc4O)cc3)C2)c1. The van der Waals surface area contributed by atoms with Crippen molar-refractivity contribution in [2.24, 2.45) is 0 Å². The summed E-state index contributed by atoms with van der Waals surface area (Å²) in [5.41, 5.74) is 4.07. The highest BCUT2D eigenvalue weighted by Gasteiger charge is 2.55. The molecule has 1 fully saturated rings. The third kappa shape index (κ3) is 11.8. The van der Waals surface area contributed by atoms with Crippen molar-refractivity contribution in [3.8, 4) is 5.75 Å². The van der Waals surface area contributed by atoms with E-state index in [9.17, 15) is 29.4 Å². The van der Waals surface area contributed by atoms with E-state index in [0.29, 0.717) is 28.7 Å². The highest BCUT2D eigenvalue weighted by atomic mass is 16.8. The number of hydrogen-bond acceptors (Lipinski definition) is 10. The number of benzene rings is 5. The van der Waals surface area contributed by atoms with Gasteiger partial charge in [-0.3, -0.25) is 14.4 Å². The first-order chi connectivity index (χ1) is 31.3. The lowest BCUT2D eigenvalue weighted by molar-refractivity contribution is -0.157. The number of nitrogens with one attached hydrogen (secondary N) is 2. The summed E-state index contributed by atoms with van der Waals surface area (Å²) in [6, 6.07) is 39.2. The highest BCUT2D eigenvalue weighted by Crippen LogP contribution is 2.47. The highest BCUT2D eigenvalue weighted by molar-refractivity contribution is 5.95. The van der Waals surface area contributed by atoms with Gasteiger partial charge in [-0.15, -0.1) is 0 Å². The van der Waals surface area contributed by atoms with Gasteiger partial charge in [0.25, 0.3) is 5.91 Å². The van der Waals surface area contributed by atoms with Gasteiger partial charge in [-0.05, 0) is 86.7 Å². The molecule has 65 heavy (non-hydrogen) atoms. The number of phenolic OH excluding ortho intramolecular Hbond substituents is 1. The van der Waals surface area contributed by atoms with E-state index in [4.69, 9.17) is 18.9 Å². The summed E-state index contributed by atoms with van der Waals surface area (Å²) < 4.78 is 25.3. The van der Waals surface area contributed by atoms with Crippen molar-refractivity contribution in [3.05, 3.63) is 190 Å². The van der Waals surface area contributed by atoms with Crippen LogP contribution in [0, 0.1) is 0 Å². The second kappa shape index (κ2) is 20.8. The molecule has 1 heterocycles. The number of phenols is 1. The smallest absolute Gasteiger partial charge is 0.338 e. The molecule has 12 heteroatoms. The first kappa shape index (κ1) is 46.1. The number of aliphatic hydroxyl groups is 1. The number of aliphatic hydroxyl groups excluding tert-OH is 1. The second-order valence-corrected chi connectivity index (χ2v) is 17.1. The minimum absolute atomic E-state index is 0.0255. The third-order valence-corrected chi connectivity index (χ3v) is 11.0. The van der Waals surface area contributed by atoms with Crippen LogP contribution in [0.3, 0.4) is 0 Å². The summed E-state index contributed by atoms with van der Waals surface area (Å²) >= 11 is 0. The molecule has 2 amide bonds. The lowest BCUT2D eigenvalue weighted by Gasteiger charge is -2.31. The third-order valence-electron chi connectivity index (χ3n) is 11.0. The van der Waals surface area contributed by atoms with Crippen LogP contribution in [-0.4, -0.2) is 70.5 Å². The molecule has 1 aliphatic carbocycles. The molecule has 0 saturated carbocycles. The maximum atomic E-state index is 14.0. The van der Waals surface area contributed by atoms with Crippen molar-refractivity contribution < 1.29 is 48.3 Å². The van der Waals surface area contributed by atoms with E-state index in [-0.39, 0.29) is 38.2 Å². The minimum Gasteiger partial charge on any atom is -0.508 e. The zero-order valence-corrected chi connectivity index (χ0v) is 36.6. The van der Waals surface area contributed by atoms with Gasteiger partial charge in [-0.1, -0.05) is 115 Å². The average molecular weight is 879 g/mol. The summed E-state index contributed by atoms with van der Waals surface area (Å²) in [7, 11) is 0. The zero-order chi connectivity index (χ0) is 46.0. The van der Waals surface area contributed by atoms with Gasteiger partial charge in [0.1, 0.15) is 29.7 Å². The number of para-hydroxylation sites is 1. The van der Waals surface area contributed by atoms with E-state index in [1.807, 2.05) is 97.1 Å². The number of fused-ring (bicyclic) bond motifs is 1. The largest absolute Gasteiger partial charge is 0.508 e. The van der Waals surface area contributed by atoms with Gasteiger partial charge < -0.3 is 39.8 Å². The van der Waals surface area contributed by atoms with Crippen molar-refractivity contribution in [1.29, 1.82) is 0 Å². The maximum absolute atomic E-state index is 14.0. The number of ether oxygens (including phenoxy) is 4. The van der Waals surface area contributed by atoms with Gasteiger partial charge in [0.15, 0.2) is 0 Å². The van der Waals surface area contributed by atoms with Crippen LogP contribution in [-0.2, 0) is 47.3 Å². The van der Waals surface area contributed by atoms with Crippen LogP contribution >= 0.6 is 0 Å². The summed E-state index contributed by atoms with van der Waals surface area (Å²) in [4.78, 5) is 53.4. The number of hydrogen-bond donors (Lipinski definition) is 4. The molecule has 4 atom stereocenters. The summed E-state index contributed by atoms with van der Waals surface area (Å²) in [5, 5.41) is 25.8. The lowest BCUT2D eigenvalue weighted by Crippen LogP contribution is -2.43. The maximum Gasteiger partial charge on any atom is 0.338 e. The zero-order valence-electron chi connectivity index (χ0n) is 36.6. The Morgan fingerprint density at radius 3 is 2.15 bits per heavy atom. The Hall–Kier alpha value is -6.86. The van der Waals surface area contributed by atoms with Crippen molar-refractivity contribution in [2.75, 3.05) is 6.61 Å². The number of carbonyl (C=O) groups is 4. The lowest BCUT2D eigenvalue weighted by atomic mass is 9.91. The molecule has 0 bridgehead atoms. The van der Waals surface area contributed by atoms with Gasteiger partial charge in [0.2, 0.25) is 11.7 Å². The average Bonchev–Trinajstić information content (AvgIpc) is 3.72. The molecule has 12 nitrogen and oxygen atoms in total. The van der Waals surface area contributed by atoms with Gasteiger partial charge in [-0.25, -0.2) is 4.79 Å². The Morgan fingerprint density at radius 2 is 1.49 bits per heavy atom. The Morgan fingerprint density at radius 1 is 0.815 bits per heavy atom. The predicted molar refractivity (Wildman–Crippen MR) is 244 cm³/mol. The minimum atomic E-state index is -1.37. The van der Waals surface area contributed by atoms with E-state index >= 15 is 0 Å². The molecule has 2 aliphatic rings. The first-order valence-electron chi connectivity index (χ1n) is 21.7. The predicted octanol–water partition coefficient (Wildman–Crippen LogP) is 7.72. The molecule has 5 aromatic rings. The fraction of sp³-hybridized carbons (Fsp3) is 0.283. The van der Waals surface area contributed by atoms with Gasteiger partial charge in [-0.2, -0.15) is 0 Å².